The molecule has 0 spiro atoms. The van der Waals surface area contributed by atoms with Crippen LogP contribution in [0, 0.1) is 28.6 Å². The van der Waals surface area contributed by atoms with Crippen LogP contribution in [-0.2, 0) is 4.79 Å². The molecule has 1 aromatic heterocycles. The van der Waals surface area contributed by atoms with Gasteiger partial charge in [-0.1, -0.05) is 24.6 Å². The molecule has 2 aromatic rings. The van der Waals surface area contributed by atoms with Crippen molar-refractivity contribution in [3.63, 3.8) is 0 Å². The number of hydrogen-bond acceptors (Lipinski definition) is 5. The molecule has 1 aliphatic carbocycles. The maximum absolute atomic E-state index is 12.3. The number of hydrogen-bond donors (Lipinski definition) is 2. The molecular formula is C18H18N6O. The van der Waals surface area contributed by atoms with E-state index in [1.54, 1.807) is 0 Å². The molecule has 1 saturated carbocycles. The Hall–Kier alpha value is -3.16. The van der Waals surface area contributed by atoms with Crippen LogP contribution in [0.3, 0.4) is 0 Å². The number of carbonyl (C=O) groups is 1. The van der Waals surface area contributed by atoms with E-state index in [1.165, 1.54) is 10.9 Å². The molecule has 3 rings (SSSR count). The zero-order valence-electron chi connectivity index (χ0n) is 13.6. The third kappa shape index (κ3) is 3.68. The molecule has 0 bridgehead atoms. The first kappa shape index (κ1) is 16.7. The van der Waals surface area contributed by atoms with Gasteiger partial charge in [-0.2, -0.15) is 15.6 Å². The normalized spacial score (nSPS) is 19.1. The number of aromatic nitrogens is 2. The van der Waals surface area contributed by atoms with Crippen molar-refractivity contribution >= 4 is 11.7 Å². The zero-order valence-corrected chi connectivity index (χ0v) is 13.6. The second-order valence-corrected chi connectivity index (χ2v) is 5.97. The van der Waals surface area contributed by atoms with Gasteiger partial charge >= 0.3 is 0 Å². The molecular weight excluding hydrogens is 316 g/mol. The fourth-order valence-corrected chi connectivity index (χ4v) is 3.07. The molecule has 1 aliphatic rings. The first-order valence-corrected chi connectivity index (χ1v) is 8.19. The fraction of sp³-hybridized carbons (Fsp3) is 0.333. The minimum absolute atomic E-state index is 0.0442. The van der Waals surface area contributed by atoms with Gasteiger partial charge in [0.2, 0.25) is 5.91 Å². The predicted octanol–water partition coefficient (Wildman–Crippen LogP) is 1.96. The van der Waals surface area contributed by atoms with Gasteiger partial charge in [-0.15, -0.1) is 0 Å². The fourth-order valence-electron chi connectivity index (χ4n) is 3.07. The van der Waals surface area contributed by atoms with Crippen molar-refractivity contribution in [3.05, 3.63) is 42.1 Å². The van der Waals surface area contributed by atoms with Crippen LogP contribution in [-0.4, -0.2) is 28.3 Å². The Morgan fingerprint density at radius 1 is 1.28 bits per heavy atom. The van der Waals surface area contributed by atoms with Crippen LogP contribution < -0.4 is 10.6 Å². The van der Waals surface area contributed by atoms with E-state index < -0.39 is 0 Å². The number of benzene rings is 1. The second kappa shape index (κ2) is 7.61. The lowest BCUT2D eigenvalue weighted by Crippen LogP contribution is -2.38. The molecule has 7 heteroatoms. The van der Waals surface area contributed by atoms with Crippen molar-refractivity contribution in [2.75, 3.05) is 11.9 Å². The van der Waals surface area contributed by atoms with Crippen LogP contribution in [0.4, 0.5) is 5.82 Å². The summed E-state index contributed by atoms with van der Waals surface area (Å²) in [6.07, 6.45) is 4.20. The third-order valence-electron chi connectivity index (χ3n) is 4.35. The van der Waals surface area contributed by atoms with Gasteiger partial charge in [-0.05, 0) is 25.0 Å². The Labute approximate surface area is 145 Å². The van der Waals surface area contributed by atoms with Gasteiger partial charge in [0.25, 0.3) is 0 Å². The van der Waals surface area contributed by atoms with Crippen LogP contribution in [0.25, 0.3) is 5.69 Å². The molecule has 7 nitrogen and oxygen atoms in total. The summed E-state index contributed by atoms with van der Waals surface area (Å²) in [5.41, 5.74) is 1.06. The smallest absolute Gasteiger partial charge is 0.239 e. The Morgan fingerprint density at radius 2 is 2.08 bits per heavy atom. The number of para-hydroxylation sites is 1. The Morgan fingerprint density at radius 3 is 2.80 bits per heavy atom. The molecule has 1 aromatic carbocycles. The van der Waals surface area contributed by atoms with Gasteiger partial charge in [0, 0.05) is 6.04 Å². The summed E-state index contributed by atoms with van der Waals surface area (Å²) in [6, 6.07) is 13.7. The quantitative estimate of drug-likeness (QED) is 0.869. The number of nitriles is 2. The van der Waals surface area contributed by atoms with Gasteiger partial charge in [0.1, 0.15) is 11.6 Å². The van der Waals surface area contributed by atoms with Crippen molar-refractivity contribution in [3.8, 4) is 17.8 Å². The van der Waals surface area contributed by atoms with E-state index in [0.717, 1.165) is 24.9 Å². The maximum Gasteiger partial charge on any atom is 0.239 e. The zero-order chi connectivity index (χ0) is 17.6. The largest absolute Gasteiger partial charge is 0.308 e. The lowest BCUT2D eigenvalue weighted by molar-refractivity contribution is -0.115. The maximum atomic E-state index is 12.3. The van der Waals surface area contributed by atoms with Crippen LogP contribution in [0.15, 0.2) is 36.5 Å². The monoisotopic (exact) mass is 334 g/mol. The molecule has 0 unspecified atom stereocenters. The number of carbonyl (C=O) groups excluding carboxylic acids is 1. The minimum Gasteiger partial charge on any atom is -0.308 e. The summed E-state index contributed by atoms with van der Waals surface area (Å²) in [6.45, 7) is 0.0910. The highest BCUT2D eigenvalue weighted by Crippen LogP contribution is 2.24. The molecule has 0 aliphatic heterocycles. The number of rotatable bonds is 5. The first-order chi connectivity index (χ1) is 12.2. The summed E-state index contributed by atoms with van der Waals surface area (Å²) in [4.78, 5) is 12.3. The highest BCUT2D eigenvalue weighted by atomic mass is 16.2. The average Bonchev–Trinajstić information content (AvgIpc) is 3.26. The number of amides is 1. The van der Waals surface area contributed by atoms with Gasteiger partial charge in [-0.25, -0.2) is 4.68 Å². The van der Waals surface area contributed by atoms with E-state index in [9.17, 15) is 10.1 Å². The molecule has 0 saturated heterocycles. The van der Waals surface area contributed by atoms with Crippen molar-refractivity contribution in [2.45, 2.75) is 25.3 Å². The summed E-state index contributed by atoms with van der Waals surface area (Å²) in [7, 11) is 0. The second-order valence-electron chi connectivity index (χ2n) is 5.97. The molecule has 2 N–H and O–H groups in total. The van der Waals surface area contributed by atoms with Crippen LogP contribution in [0.5, 0.6) is 0 Å². The summed E-state index contributed by atoms with van der Waals surface area (Å²) >= 11 is 0. The van der Waals surface area contributed by atoms with Crippen molar-refractivity contribution in [1.82, 2.24) is 15.1 Å². The van der Waals surface area contributed by atoms with Crippen molar-refractivity contribution < 1.29 is 4.79 Å². The lowest BCUT2D eigenvalue weighted by Gasteiger charge is -2.15. The number of anilines is 1. The third-order valence-corrected chi connectivity index (χ3v) is 4.35. The van der Waals surface area contributed by atoms with Gasteiger partial charge in [-0.3, -0.25) is 4.79 Å². The van der Waals surface area contributed by atoms with E-state index in [2.05, 4.69) is 21.8 Å². The van der Waals surface area contributed by atoms with Gasteiger partial charge in [0.15, 0.2) is 5.82 Å². The summed E-state index contributed by atoms with van der Waals surface area (Å²) in [5, 5.41) is 28.4. The number of nitrogens with zero attached hydrogens (tertiary/aromatic N) is 4. The van der Waals surface area contributed by atoms with Crippen molar-refractivity contribution in [1.29, 1.82) is 10.5 Å². The van der Waals surface area contributed by atoms with E-state index in [0.29, 0.717) is 11.4 Å². The molecule has 25 heavy (non-hydrogen) atoms. The molecule has 1 fully saturated rings. The standard InChI is InChI=1S/C18H18N6O/c19-9-13-5-4-8-16(13)21-12-17(25)23-18-14(10-20)11-22-24(18)15-6-2-1-3-7-15/h1-3,6-7,11,13,16,21H,4-5,8,12H2,(H,23,25)/t13-,16+/m0/s1. The van der Waals surface area contributed by atoms with Crippen LogP contribution in [0.1, 0.15) is 24.8 Å². The lowest BCUT2D eigenvalue weighted by atomic mass is 10.1. The van der Waals surface area contributed by atoms with E-state index >= 15 is 0 Å². The molecule has 2 atom stereocenters. The summed E-state index contributed by atoms with van der Waals surface area (Å²) < 4.78 is 1.53. The Balaban J connectivity index is 1.70. The van der Waals surface area contributed by atoms with Crippen LogP contribution >= 0.6 is 0 Å². The molecule has 1 heterocycles. The van der Waals surface area contributed by atoms with E-state index in [4.69, 9.17) is 5.26 Å². The first-order valence-electron chi connectivity index (χ1n) is 8.19. The number of nitrogens with one attached hydrogen (secondary N) is 2. The highest BCUT2D eigenvalue weighted by Gasteiger charge is 2.27. The SMILES string of the molecule is N#Cc1cnn(-c2ccccc2)c1NC(=O)CN[C@@H]1CCC[C@H]1C#N. The molecule has 1 amide bonds. The average molecular weight is 334 g/mol. The predicted molar refractivity (Wildman–Crippen MR) is 91.7 cm³/mol. The van der Waals surface area contributed by atoms with Gasteiger partial charge < -0.3 is 10.6 Å². The van der Waals surface area contributed by atoms with E-state index in [1.807, 2.05) is 36.4 Å². The Kier molecular flexibility index (Phi) is 5.08. The van der Waals surface area contributed by atoms with E-state index in [-0.39, 0.29) is 24.4 Å². The van der Waals surface area contributed by atoms with Crippen molar-refractivity contribution in [2.24, 2.45) is 5.92 Å². The molecule has 126 valence electrons. The topological polar surface area (TPSA) is 107 Å². The minimum atomic E-state index is -0.266. The Bertz CT molecular complexity index is 829. The van der Waals surface area contributed by atoms with Crippen LogP contribution in [0.2, 0.25) is 0 Å². The van der Waals surface area contributed by atoms with Gasteiger partial charge in [0.05, 0.1) is 30.4 Å². The highest BCUT2D eigenvalue weighted by molar-refractivity contribution is 5.93. The summed E-state index contributed by atoms with van der Waals surface area (Å²) in [5.74, 6) is 0.0406. The molecule has 0 radical (unpaired) electrons.